The van der Waals surface area contributed by atoms with E-state index in [1.807, 2.05) is 0 Å². The van der Waals surface area contributed by atoms with Crippen LogP contribution < -0.4 is 5.32 Å². The normalized spacial score (nSPS) is 17.6. The monoisotopic (exact) mass is 297 g/mol. The van der Waals surface area contributed by atoms with Gasteiger partial charge in [0.1, 0.15) is 4.88 Å². The molecule has 6 heteroatoms. The maximum absolute atomic E-state index is 12.0. The molecule has 2 N–H and O–H groups in total. The van der Waals surface area contributed by atoms with Crippen LogP contribution in [0.25, 0.3) is 0 Å². The smallest absolute Gasteiger partial charge is 0.345 e. The van der Waals surface area contributed by atoms with Crippen LogP contribution in [0.2, 0.25) is 0 Å². The molecule has 5 nitrogen and oxygen atoms in total. The Labute approximate surface area is 121 Å². The van der Waals surface area contributed by atoms with Crippen LogP contribution in [0, 0.1) is 0 Å². The largest absolute Gasteiger partial charge is 0.477 e. The molecule has 1 aromatic rings. The van der Waals surface area contributed by atoms with Crippen molar-refractivity contribution in [3.8, 4) is 0 Å². The molecule has 20 heavy (non-hydrogen) atoms. The van der Waals surface area contributed by atoms with Crippen LogP contribution in [0.5, 0.6) is 0 Å². The fourth-order valence-corrected chi connectivity index (χ4v) is 3.31. The Hall–Kier alpha value is -1.40. The third-order valence-electron chi connectivity index (χ3n) is 3.81. The summed E-state index contributed by atoms with van der Waals surface area (Å²) in [6.45, 7) is 0.475. The molecule has 1 amide bonds. The number of carboxylic acids is 1. The molecule has 0 saturated heterocycles. The molecule has 1 aromatic heterocycles. The topological polar surface area (TPSA) is 75.6 Å². The minimum atomic E-state index is -1.00. The number of thiophene rings is 1. The number of carbonyl (C=O) groups is 2. The molecule has 2 rings (SSSR count). The van der Waals surface area contributed by atoms with E-state index < -0.39 is 5.97 Å². The van der Waals surface area contributed by atoms with Gasteiger partial charge in [-0.15, -0.1) is 11.3 Å². The predicted molar refractivity (Wildman–Crippen MR) is 76.4 cm³/mol. The fourth-order valence-electron chi connectivity index (χ4n) is 2.55. The minimum absolute atomic E-state index is 0.175. The summed E-state index contributed by atoms with van der Waals surface area (Å²) in [7, 11) is 1.69. The average molecular weight is 297 g/mol. The maximum atomic E-state index is 12.0. The molecule has 1 fully saturated rings. The first kappa shape index (κ1) is 15.0. The molecule has 0 aliphatic heterocycles. The second-order valence-corrected chi connectivity index (χ2v) is 6.18. The lowest BCUT2D eigenvalue weighted by atomic mass is 9.84. The Balaban J connectivity index is 1.95. The molecule has 0 bridgehead atoms. The molecule has 0 aromatic carbocycles. The number of hydrogen-bond donors (Lipinski definition) is 2. The summed E-state index contributed by atoms with van der Waals surface area (Å²) in [5.41, 5.74) is -0.263. The van der Waals surface area contributed by atoms with Gasteiger partial charge in [0.25, 0.3) is 5.91 Å². The number of carbonyl (C=O) groups excluding carboxylic acids is 1. The number of carboxylic acid groups (broad SMARTS) is 1. The van der Waals surface area contributed by atoms with Crippen LogP contribution in [0.1, 0.15) is 51.4 Å². The molecule has 0 unspecified atom stereocenters. The standard InChI is InChI=1S/C14H19NO4S/c1-19-14(7-3-2-4-8-14)9-15-12(16)10-5-6-11(20-10)13(17)18/h5-6H,2-4,7-9H2,1H3,(H,15,16)(H,17,18). The summed E-state index contributed by atoms with van der Waals surface area (Å²) in [4.78, 5) is 23.4. The van der Waals surface area contributed by atoms with Gasteiger partial charge in [-0.25, -0.2) is 4.79 Å². The zero-order valence-corrected chi connectivity index (χ0v) is 12.3. The summed E-state index contributed by atoms with van der Waals surface area (Å²) >= 11 is 0.990. The lowest BCUT2D eigenvalue weighted by Crippen LogP contribution is -2.45. The molecule has 0 radical (unpaired) electrons. The van der Waals surface area contributed by atoms with Gasteiger partial charge >= 0.3 is 5.97 Å². The van der Waals surface area contributed by atoms with Gasteiger partial charge in [0.05, 0.1) is 10.5 Å². The Morgan fingerprint density at radius 2 is 1.95 bits per heavy atom. The van der Waals surface area contributed by atoms with Gasteiger partial charge in [-0.05, 0) is 25.0 Å². The first-order valence-electron chi connectivity index (χ1n) is 6.73. The molecule has 1 saturated carbocycles. The molecule has 1 heterocycles. The van der Waals surface area contributed by atoms with Crippen LogP contribution in [0.15, 0.2) is 12.1 Å². The lowest BCUT2D eigenvalue weighted by Gasteiger charge is -2.36. The third-order valence-corrected chi connectivity index (χ3v) is 4.88. The SMILES string of the molecule is COC1(CNC(=O)c2ccc(C(=O)O)s2)CCCCC1. The van der Waals surface area contributed by atoms with Crippen molar-refractivity contribution in [2.75, 3.05) is 13.7 Å². The number of nitrogens with one attached hydrogen (secondary N) is 1. The summed E-state index contributed by atoms with van der Waals surface area (Å²) in [6.07, 6.45) is 5.35. The van der Waals surface area contributed by atoms with E-state index in [0.29, 0.717) is 11.4 Å². The van der Waals surface area contributed by atoms with E-state index in [4.69, 9.17) is 9.84 Å². The second kappa shape index (κ2) is 6.37. The van der Waals surface area contributed by atoms with Crippen molar-refractivity contribution in [1.29, 1.82) is 0 Å². The molecular formula is C14H19NO4S. The van der Waals surface area contributed by atoms with Crippen molar-refractivity contribution in [2.45, 2.75) is 37.7 Å². The van der Waals surface area contributed by atoms with E-state index in [-0.39, 0.29) is 16.4 Å². The van der Waals surface area contributed by atoms with Crippen LogP contribution in [-0.4, -0.2) is 36.2 Å². The number of ether oxygens (including phenoxy) is 1. The highest BCUT2D eigenvalue weighted by Gasteiger charge is 2.32. The molecule has 0 atom stereocenters. The summed E-state index contributed by atoms with van der Waals surface area (Å²) in [6, 6.07) is 3.00. The van der Waals surface area contributed by atoms with Crippen LogP contribution >= 0.6 is 11.3 Å². The predicted octanol–water partition coefficient (Wildman–Crippen LogP) is 2.53. The molecule has 0 spiro atoms. The number of hydrogen-bond acceptors (Lipinski definition) is 4. The maximum Gasteiger partial charge on any atom is 0.345 e. The molecular weight excluding hydrogens is 278 g/mol. The van der Waals surface area contributed by atoms with Crippen LogP contribution in [-0.2, 0) is 4.74 Å². The highest BCUT2D eigenvalue weighted by Crippen LogP contribution is 2.30. The van der Waals surface area contributed by atoms with Crippen LogP contribution in [0.3, 0.4) is 0 Å². The highest BCUT2D eigenvalue weighted by molar-refractivity contribution is 7.15. The van der Waals surface area contributed by atoms with E-state index in [1.165, 1.54) is 12.5 Å². The number of rotatable bonds is 5. The first-order chi connectivity index (χ1) is 9.56. The van der Waals surface area contributed by atoms with E-state index in [1.54, 1.807) is 13.2 Å². The minimum Gasteiger partial charge on any atom is -0.477 e. The lowest BCUT2D eigenvalue weighted by molar-refractivity contribution is -0.0363. The van der Waals surface area contributed by atoms with E-state index in [0.717, 1.165) is 37.0 Å². The second-order valence-electron chi connectivity index (χ2n) is 5.10. The van der Waals surface area contributed by atoms with Crippen LogP contribution in [0.4, 0.5) is 0 Å². The van der Waals surface area contributed by atoms with Gasteiger partial charge in [0.15, 0.2) is 0 Å². The van der Waals surface area contributed by atoms with E-state index >= 15 is 0 Å². The van der Waals surface area contributed by atoms with Gasteiger partial charge in [-0.1, -0.05) is 19.3 Å². The third kappa shape index (κ3) is 3.37. The Morgan fingerprint density at radius 3 is 2.50 bits per heavy atom. The quantitative estimate of drug-likeness (QED) is 0.875. The number of aromatic carboxylic acids is 1. The van der Waals surface area contributed by atoms with Gasteiger partial charge in [-0.3, -0.25) is 4.79 Å². The van der Waals surface area contributed by atoms with Crippen molar-refractivity contribution < 1.29 is 19.4 Å². The number of amides is 1. The Morgan fingerprint density at radius 1 is 1.30 bits per heavy atom. The van der Waals surface area contributed by atoms with Gasteiger partial charge in [-0.2, -0.15) is 0 Å². The summed E-state index contributed by atoms with van der Waals surface area (Å²) in [5, 5.41) is 11.7. The zero-order chi connectivity index (χ0) is 14.6. The van der Waals surface area contributed by atoms with Crippen molar-refractivity contribution in [2.24, 2.45) is 0 Å². The molecule has 110 valence electrons. The summed E-state index contributed by atoms with van der Waals surface area (Å²) in [5.74, 6) is -1.24. The first-order valence-corrected chi connectivity index (χ1v) is 7.54. The molecule has 1 aliphatic carbocycles. The average Bonchev–Trinajstić information content (AvgIpc) is 2.96. The Kier molecular flexibility index (Phi) is 4.77. The van der Waals surface area contributed by atoms with E-state index in [2.05, 4.69) is 5.32 Å². The van der Waals surface area contributed by atoms with Crippen molar-refractivity contribution >= 4 is 23.2 Å². The number of methoxy groups -OCH3 is 1. The molecule has 1 aliphatic rings. The van der Waals surface area contributed by atoms with E-state index in [9.17, 15) is 9.59 Å². The van der Waals surface area contributed by atoms with Crippen molar-refractivity contribution in [3.63, 3.8) is 0 Å². The zero-order valence-electron chi connectivity index (χ0n) is 11.5. The fraction of sp³-hybridized carbons (Fsp3) is 0.571. The van der Waals surface area contributed by atoms with Crippen molar-refractivity contribution in [3.05, 3.63) is 21.9 Å². The Bertz CT molecular complexity index is 491. The van der Waals surface area contributed by atoms with Crippen molar-refractivity contribution in [1.82, 2.24) is 5.32 Å². The van der Waals surface area contributed by atoms with Gasteiger partial charge < -0.3 is 15.2 Å². The van der Waals surface area contributed by atoms with Gasteiger partial charge in [0, 0.05) is 13.7 Å². The van der Waals surface area contributed by atoms with Gasteiger partial charge in [0.2, 0.25) is 0 Å². The highest BCUT2D eigenvalue weighted by atomic mass is 32.1. The summed E-state index contributed by atoms with van der Waals surface area (Å²) < 4.78 is 5.60.